The van der Waals surface area contributed by atoms with Crippen LogP contribution in [0.1, 0.15) is 71.6 Å². The SMILES string of the molecule is CC(C)C1CCCCC1(CN)N1CCC2CCCCC21. The van der Waals surface area contributed by atoms with Crippen LogP contribution in [0.25, 0.3) is 0 Å². The van der Waals surface area contributed by atoms with Crippen LogP contribution < -0.4 is 5.73 Å². The van der Waals surface area contributed by atoms with E-state index >= 15 is 0 Å². The molecule has 0 aromatic heterocycles. The summed E-state index contributed by atoms with van der Waals surface area (Å²) in [5.74, 6) is 2.59. The van der Waals surface area contributed by atoms with E-state index < -0.39 is 0 Å². The number of nitrogens with two attached hydrogens (primary N) is 1. The van der Waals surface area contributed by atoms with Crippen molar-refractivity contribution >= 4 is 0 Å². The minimum Gasteiger partial charge on any atom is -0.329 e. The van der Waals surface area contributed by atoms with Gasteiger partial charge in [0.25, 0.3) is 0 Å². The van der Waals surface area contributed by atoms with E-state index in [1.165, 1.54) is 64.3 Å². The molecule has 4 atom stereocenters. The first-order chi connectivity index (χ1) is 9.69. The molecule has 4 unspecified atom stereocenters. The number of rotatable bonds is 3. The number of hydrogen-bond donors (Lipinski definition) is 1. The molecule has 1 heterocycles. The number of fused-ring (bicyclic) bond motifs is 1. The highest BCUT2D eigenvalue weighted by Crippen LogP contribution is 2.48. The van der Waals surface area contributed by atoms with Gasteiger partial charge in [0.05, 0.1) is 0 Å². The van der Waals surface area contributed by atoms with Gasteiger partial charge in [0.1, 0.15) is 0 Å². The van der Waals surface area contributed by atoms with Crippen LogP contribution in [-0.4, -0.2) is 29.6 Å². The van der Waals surface area contributed by atoms with Crippen molar-refractivity contribution in [2.45, 2.75) is 83.2 Å². The van der Waals surface area contributed by atoms with E-state index in [1.807, 2.05) is 0 Å². The Morgan fingerprint density at radius 2 is 1.80 bits per heavy atom. The van der Waals surface area contributed by atoms with Crippen molar-refractivity contribution in [2.75, 3.05) is 13.1 Å². The van der Waals surface area contributed by atoms with Crippen LogP contribution in [0.4, 0.5) is 0 Å². The first kappa shape index (κ1) is 14.8. The van der Waals surface area contributed by atoms with Gasteiger partial charge in [-0.1, -0.05) is 39.5 Å². The zero-order chi connectivity index (χ0) is 14.2. The summed E-state index contributed by atoms with van der Waals surface area (Å²) in [6, 6.07) is 0.867. The van der Waals surface area contributed by atoms with Crippen molar-refractivity contribution in [1.82, 2.24) is 4.90 Å². The molecule has 1 saturated heterocycles. The average molecular weight is 278 g/mol. The van der Waals surface area contributed by atoms with Gasteiger partial charge in [-0.3, -0.25) is 4.90 Å². The van der Waals surface area contributed by atoms with Crippen LogP contribution in [-0.2, 0) is 0 Å². The lowest BCUT2D eigenvalue weighted by Crippen LogP contribution is -2.63. The molecule has 3 fully saturated rings. The van der Waals surface area contributed by atoms with Crippen molar-refractivity contribution in [1.29, 1.82) is 0 Å². The first-order valence-electron chi connectivity index (χ1n) is 9.16. The molecule has 0 spiro atoms. The molecule has 1 aliphatic heterocycles. The Bertz CT molecular complexity index is 327. The molecule has 2 saturated carbocycles. The molecule has 2 N–H and O–H groups in total. The van der Waals surface area contributed by atoms with Gasteiger partial charge < -0.3 is 5.73 Å². The lowest BCUT2D eigenvalue weighted by atomic mass is 9.66. The monoisotopic (exact) mass is 278 g/mol. The molecule has 116 valence electrons. The Labute approximate surface area is 125 Å². The third kappa shape index (κ3) is 2.33. The van der Waals surface area contributed by atoms with Crippen LogP contribution in [0, 0.1) is 17.8 Å². The smallest absolute Gasteiger partial charge is 0.0365 e. The Balaban J connectivity index is 1.86. The summed E-state index contributed by atoms with van der Waals surface area (Å²) in [6.07, 6.45) is 12.9. The zero-order valence-corrected chi connectivity index (χ0v) is 13.6. The molecule has 3 aliphatic rings. The van der Waals surface area contributed by atoms with E-state index in [0.29, 0.717) is 5.54 Å². The number of nitrogens with zero attached hydrogens (tertiary/aromatic N) is 1. The van der Waals surface area contributed by atoms with Crippen LogP contribution in [0.3, 0.4) is 0 Å². The van der Waals surface area contributed by atoms with Gasteiger partial charge in [-0.25, -0.2) is 0 Å². The Morgan fingerprint density at radius 3 is 2.55 bits per heavy atom. The number of hydrogen-bond acceptors (Lipinski definition) is 2. The van der Waals surface area contributed by atoms with E-state index in [2.05, 4.69) is 18.7 Å². The highest BCUT2D eigenvalue weighted by molar-refractivity contribution is 5.06. The minimum absolute atomic E-state index is 0.336. The van der Waals surface area contributed by atoms with Gasteiger partial charge in [-0.15, -0.1) is 0 Å². The highest BCUT2D eigenvalue weighted by atomic mass is 15.3. The van der Waals surface area contributed by atoms with Gasteiger partial charge in [0.2, 0.25) is 0 Å². The molecule has 0 radical (unpaired) electrons. The lowest BCUT2D eigenvalue weighted by molar-refractivity contribution is -0.0334. The van der Waals surface area contributed by atoms with Crippen molar-refractivity contribution in [2.24, 2.45) is 23.5 Å². The van der Waals surface area contributed by atoms with Gasteiger partial charge >= 0.3 is 0 Å². The molecular formula is C18H34N2. The van der Waals surface area contributed by atoms with Crippen LogP contribution in [0.15, 0.2) is 0 Å². The van der Waals surface area contributed by atoms with Crippen molar-refractivity contribution < 1.29 is 0 Å². The van der Waals surface area contributed by atoms with Gasteiger partial charge in [-0.2, -0.15) is 0 Å². The third-order valence-corrected chi connectivity index (χ3v) is 6.81. The fourth-order valence-electron chi connectivity index (χ4n) is 5.89. The van der Waals surface area contributed by atoms with Crippen molar-refractivity contribution in [3.63, 3.8) is 0 Å². The van der Waals surface area contributed by atoms with E-state index in [9.17, 15) is 0 Å². The summed E-state index contributed by atoms with van der Waals surface area (Å²) in [5.41, 5.74) is 6.76. The summed E-state index contributed by atoms with van der Waals surface area (Å²) >= 11 is 0. The largest absolute Gasteiger partial charge is 0.329 e. The second-order valence-electron chi connectivity index (χ2n) is 8.00. The quantitative estimate of drug-likeness (QED) is 0.851. The molecule has 2 heteroatoms. The number of likely N-dealkylation sites (tertiary alicyclic amines) is 1. The predicted octanol–water partition coefficient (Wildman–Crippen LogP) is 3.79. The van der Waals surface area contributed by atoms with E-state index in [-0.39, 0.29) is 0 Å². The summed E-state index contributed by atoms with van der Waals surface area (Å²) in [6.45, 7) is 7.07. The van der Waals surface area contributed by atoms with E-state index in [4.69, 9.17) is 5.73 Å². The molecule has 0 bridgehead atoms. The fourth-order valence-corrected chi connectivity index (χ4v) is 5.89. The average Bonchev–Trinajstić information content (AvgIpc) is 2.91. The topological polar surface area (TPSA) is 29.3 Å². The van der Waals surface area contributed by atoms with E-state index in [1.54, 1.807) is 0 Å². The minimum atomic E-state index is 0.336. The van der Waals surface area contributed by atoms with Crippen molar-refractivity contribution in [3.05, 3.63) is 0 Å². The van der Waals surface area contributed by atoms with Gasteiger partial charge in [-0.05, 0) is 56.4 Å². The molecule has 2 nitrogen and oxygen atoms in total. The van der Waals surface area contributed by atoms with Gasteiger partial charge in [0, 0.05) is 18.1 Å². The van der Waals surface area contributed by atoms with Crippen LogP contribution in [0.2, 0.25) is 0 Å². The maximum Gasteiger partial charge on any atom is 0.0365 e. The molecule has 20 heavy (non-hydrogen) atoms. The maximum absolute atomic E-state index is 6.43. The Kier molecular flexibility index (Phi) is 4.42. The Morgan fingerprint density at radius 1 is 1.05 bits per heavy atom. The molecule has 3 rings (SSSR count). The summed E-state index contributed by atoms with van der Waals surface area (Å²) in [7, 11) is 0. The first-order valence-corrected chi connectivity index (χ1v) is 9.16. The third-order valence-electron chi connectivity index (χ3n) is 6.81. The van der Waals surface area contributed by atoms with E-state index in [0.717, 1.165) is 30.3 Å². The molecular weight excluding hydrogens is 244 g/mol. The standard InChI is InChI=1S/C18H34N2/c1-14(2)16-8-5-6-11-18(16,13-19)20-12-10-15-7-3-4-9-17(15)20/h14-17H,3-13,19H2,1-2H3. The molecule has 0 aromatic carbocycles. The lowest BCUT2D eigenvalue weighted by Gasteiger charge is -2.54. The summed E-state index contributed by atoms with van der Waals surface area (Å²) < 4.78 is 0. The predicted molar refractivity (Wildman–Crippen MR) is 85.7 cm³/mol. The summed E-state index contributed by atoms with van der Waals surface area (Å²) in [5, 5.41) is 0. The second kappa shape index (κ2) is 5.96. The van der Waals surface area contributed by atoms with Crippen molar-refractivity contribution in [3.8, 4) is 0 Å². The molecule has 2 aliphatic carbocycles. The maximum atomic E-state index is 6.43. The molecule has 0 aromatic rings. The summed E-state index contributed by atoms with van der Waals surface area (Å²) in [4.78, 5) is 2.93. The van der Waals surface area contributed by atoms with Gasteiger partial charge in [0.15, 0.2) is 0 Å². The Hall–Kier alpha value is -0.0800. The fraction of sp³-hybridized carbons (Fsp3) is 1.00. The van der Waals surface area contributed by atoms with Crippen LogP contribution >= 0.6 is 0 Å². The highest BCUT2D eigenvalue weighted by Gasteiger charge is 2.51. The zero-order valence-electron chi connectivity index (χ0n) is 13.6. The van der Waals surface area contributed by atoms with Crippen LogP contribution in [0.5, 0.6) is 0 Å². The second-order valence-corrected chi connectivity index (χ2v) is 8.00. The normalized spacial score (nSPS) is 42.9. The molecule has 0 amide bonds.